The van der Waals surface area contributed by atoms with Gasteiger partial charge in [0.15, 0.2) is 0 Å². The molecule has 0 aromatic heterocycles. The first kappa shape index (κ1) is 13.7. The summed E-state index contributed by atoms with van der Waals surface area (Å²) in [6.07, 6.45) is 14.2. The van der Waals surface area contributed by atoms with Gasteiger partial charge in [-0.2, -0.15) is 5.26 Å². The summed E-state index contributed by atoms with van der Waals surface area (Å²) in [6.45, 7) is 2.35. The molecule has 2 nitrogen and oxygen atoms in total. The molecule has 2 atom stereocenters. The first-order chi connectivity index (χ1) is 9.79. The standard InChI is InChI=1S/C18H25NO/c1-2-18-11-5-7-16(18)15-9-8-14(6-3-4-13-19)20-17(15)10-12-18/h7,14H,2-6,8-12H2,1H3. The molecule has 0 fully saturated rings. The van der Waals surface area contributed by atoms with E-state index in [1.807, 2.05) is 0 Å². The van der Waals surface area contributed by atoms with Crippen molar-refractivity contribution in [2.24, 2.45) is 5.41 Å². The normalized spacial score (nSPS) is 32.0. The highest BCUT2D eigenvalue weighted by Crippen LogP contribution is 2.55. The molecule has 1 aliphatic heterocycles. The van der Waals surface area contributed by atoms with Gasteiger partial charge >= 0.3 is 0 Å². The van der Waals surface area contributed by atoms with Gasteiger partial charge < -0.3 is 4.74 Å². The van der Waals surface area contributed by atoms with Crippen LogP contribution in [-0.4, -0.2) is 6.10 Å². The van der Waals surface area contributed by atoms with E-state index in [2.05, 4.69) is 19.1 Å². The van der Waals surface area contributed by atoms with Crippen LogP contribution < -0.4 is 0 Å². The average molecular weight is 271 g/mol. The van der Waals surface area contributed by atoms with Gasteiger partial charge in [0.25, 0.3) is 0 Å². The Balaban J connectivity index is 1.72. The monoisotopic (exact) mass is 271 g/mol. The molecule has 0 aromatic rings. The van der Waals surface area contributed by atoms with Crippen LogP contribution in [0.1, 0.15) is 71.1 Å². The average Bonchev–Trinajstić information content (AvgIpc) is 2.92. The summed E-state index contributed by atoms with van der Waals surface area (Å²) < 4.78 is 6.26. The number of hydrogen-bond donors (Lipinski definition) is 0. The van der Waals surface area contributed by atoms with Gasteiger partial charge in [0.1, 0.15) is 0 Å². The van der Waals surface area contributed by atoms with E-state index in [-0.39, 0.29) is 0 Å². The minimum atomic E-state index is 0.359. The second kappa shape index (κ2) is 5.64. The molecule has 1 heterocycles. The zero-order chi connectivity index (χ0) is 14.0. The van der Waals surface area contributed by atoms with Crippen LogP contribution in [0.2, 0.25) is 0 Å². The van der Waals surface area contributed by atoms with Crippen LogP contribution in [0.3, 0.4) is 0 Å². The van der Waals surface area contributed by atoms with Crippen molar-refractivity contribution in [3.05, 3.63) is 23.0 Å². The first-order valence-electron chi connectivity index (χ1n) is 8.26. The van der Waals surface area contributed by atoms with E-state index in [0.29, 0.717) is 17.9 Å². The Morgan fingerprint density at radius 2 is 2.30 bits per heavy atom. The maximum atomic E-state index is 8.63. The molecule has 0 amide bonds. The van der Waals surface area contributed by atoms with E-state index in [4.69, 9.17) is 10.00 Å². The Labute approximate surface area is 122 Å². The summed E-state index contributed by atoms with van der Waals surface area (Å²) in [6, 6.07) is 2.23. The van der Waals surface area contributed by atoms with Crippen molar-refractivity contribution in [1.29, 1.82) is 5.26 Å². The third kappa shape index (κ3) is 2.28. The van der Waals surface area contributed by atoms with Crippen LogP contribution in [0.25, 0.3) is 0 Å². The smallest absolute Gasteiger partial charge is 0.0999 e. The van der Waals surface area contributed by atoms with Gasteiger partial charge in [0.2, 0.25) is 0 Å². The van der Waals surface area contributed by atoms with Gasteiger partial charge in [-0.1, -0.05) is 13.0 Å². The molecule has 2 aliphatic carbocycles. The van der Waals surface area contributed by atoms with Crippen molar-refractivity contribution in [2.45, 2.75) is 77.2 Å². The lowest BCUT2D eigenvalue weighted by atomic mass is 9.67. The lowest BCUT2D eigenvalue weighted by Gasteiger charge is -2.41. The van der Waals surface area contributed by atoms with E-state index >= 15 is 0 Å². The predicted molar refractivity (Wildman–Crippen MR) is 79.9 cm³/mol. The molecule has 0 saturated carbocycles. The van der Waals surface area contributed by atoms with Crippen molar-refractivity contribution in [3.63, 3.8) is 0 Å². The predicted octanol–water partition coefficient (Wildman–Crippen LogP) is 5.02. The van der Waals surface area contributed by atoms with Crippen molar-refractivity contribution < 1.29 is 4.74 Å². The number of rotatable bonds is 4. The second-order valence-electron chi connectivity index (χ2n) is 6.52. The van der Waals surface area contributed by atoms with E-state index in [1.54, 1.807) is 11.1 Å². The summed E-state index contributed by atoms with van der Waals surface area (Å²) in [5.74, 6) is 1.29. The SMILES string of the molecule is CCC12CCC=C1C1=C(CC2)OC(CCCC#N)CC1. The molecule has 2 heteroatoms. The second-order valence-corrected chi connectivity index (χ2v) is 6.52. The zero-order valence-electron chi connectivity index (χ0n) is 12.6. The largest absolute Gasteiger partial charge is 0.494 e. The fourth-order valence-corrected chi connectivity index (χ4v) is 4.33. The number of fused-ring (bicyclic) bond motifs is 2. The molecule has 0 saturated heterocycles. The molecular formula is C18H25NO. The number of hydrogen-bond acceptors (Lipinski definition) is 2. The van der Waals surface area contributed by atoms with Gasteiger partial charge in [-0.3, -0.25) is 0 Å². The molecule has 0 N–H and O–H groups in total. The lowest BCUT2D eigenvalue weighted by Crippen LogP contribution is -2.30. The van der Waals surface area contributed by atoms with Crippen molar-refractivity contribution in [3.8, 4) is 6.07 Å². The van der Waals surface area contributed by atoms with Crippen molar-refractivity contribution >= 4 is 0 Å². The van der Waals surface area contributed by atoms with E-state index in [0.717, 1.165) is 25.7 Å². The fourth-order valence-electron chi connectivity index (χ4n) is 4.33. The summed E-state index contributed by atoms with van der Waals surface area (Å²) in [5.41, 5.74) is 3.67. The van der Waals surface area contributed by atoms with Gasteiger partial charge in [0.05, 0.1) is 17.9 Å². The fraction of sp³-hybridized carbons (Fsp3) is 0.722. The molecule has 2 unspecified atom stereocenters. The van der Waals surface area contributed by atoms with E-state index in [9.17, 15) is 0 Å². The maximum Gasteiger partial charge on any atom is 0.0999 e. The molecule has 0 spiro atoms. The van der Waals surface area contributed by atoms with Crippen LogP contribution >= 0.6 is 0 Å². The zero-order valence-corrected chi connectivity index (χ0v) is 12.6. The van der Waals surface area contributed by atoms with Crippen molar-refractivity contribution in [2.75, 3.05) is 0 Å². The minimum absolute atomic E-state index is 0.359. The van der Waals surface area contributed by atoms with Crippen LogP contribution in [-0.2, 0) is 4.74 Å². The third-order valence-corrected chi connectivity index (χ3v) is 5.55. The summed E-state index contributed by atoms with van der Waals surface area (Å²) in [4.78, 5) is 0. The summed E-state index contributed by atoms with van der Waals surface area (Å²) >= 11 is 0. The topological polar surface area (TPSA) is 33.0 Å². The molecule has 108 valence electrons. The van der Waals surface area contributed by atoms with Crippen LogP contribution in [0.5, 0.6) is 0 Å². The highest BCUT2D eigenvalue weighted by Gasteiger charge is 2.42. The Morgan fingerprint density at radius 3 is 3.10 bits per heavy atom. The van der Waals surface area contributed by atoms with Gasteiger partial charge in [-0.15, -0.1) is 0 Å². The summed E-state index contributed by atoms with van der Waals surface area (Å²) in [7, 11) is 0. The molecule has 0 aromatic carbocycles. The molecule has 0 radical (unpaired) electrons. The third-order valence-electron chi connectivity index (χ3n) is 5.55. The van der Waals surface area contributed by atoms with Crippen LogP contribution in [0.4, 0.5) is 0 Å². The Morgan fingerprint density at radius 1 is 1.40 bits per heavy atom. The van der Waals surface area contributed by atoms with Gasteiger partial charge in [0, 0.05) is 12.8 Å². The number of nitriles is 1. The highest BCUT2D eigenvalue weighted by atomic mass is 16.5. The Kier molecular flexibility index (Phi) is 3.87. The number of unbranched alkanes of at least 4 members (excludes halogenated alkanes) is 1. The molecule has 3 aliphatic rings. The highest BCUT2D eigenvalue weighted by molar-refractivity contribution is 5.44. The number of ether oxygens (including phenoxy) is 1. The Bertz CT molecular complexity index is 482. The van der Waals surface area contributed by atoms with Crippen LogP contribution in [0.15, 0.2) is 23.0 Å². The van der Waals surface area contributed by atoms with Crippen molar-refractivity contribution in [1.82, 2.24) is 0 Å². The van der Waals surface area contributed by atoms with Gasteiger partial charge in [-0.05, 0) is 67.9 Å². The first-order valence-corrected chi connectivity index (χ1v) is 8.26. The van der Waals surface area contributed by atoms with E-state index in [1.165, 1.54) is 37.9 Å². The molecule has 0 bridgehead atoms. The van der Waals surface area contributed by atoms with Gasteiger partial charge in [-0.25, -0.2) is 0 Å². The lowest BCUT2D eigenvalue weighted by molar-refractivity contribution is 0.0652. The molecule has 20 heavy (non-hydrogen) atoms. The number of allylic oxidation sites excluding steroid dienone is 4. The maximum absolute atomic E-state index is 8.63. The van der Waals surface area contributed by atoms with Crippen LogP contribution in [0, 0.1) is 16.7 Å². The minimum Gasteiger partial charge on any atom is -0.494 e. The van der Waals surface area contributed by atoms with E-state index < -0.39 is 0 Å². The Hall–Kier alpha value is -1.23. The molecular weight excluding hydrogens is 246 g/mol. The molecule has 3 rings (SSSR count). The number of nitrogens with zero attached hydrogens (tertiary/aromatic N) is 1. The summed E-state index contributed by atoms with van der Waals surface area (Å²) in [5, 5.41) is 8.63. The quantitative estimate of drug-likeness (QED) is 0.672.